The standard InChI is InChI=1S/C26H27FN4O2/c1-19-6-9-22(24(27)17-19)10-13-26-29-25(20(2)33-26)18-32-23-11-7-21(8-12-23)5-3-4-15-31-16-14-28-30-31/h6-14,16-17H,3-5,15,18H2,1-2H3/b13-10+. The summed E-state index contributed by atoms with van der Waals surface area (Å²) in [5.41, 5.74) is 3.37. The van der Waals surface area contributed by atoms with Crippen LogP contribution in [-0.4, -0.2) is 20.0 Å². The van der Waals surface area contributed by atoms with Gasteiger partial charge in [-0.15, -0.1) is 5.10 Å². The molecule has 7 heteroatoms. The molecule has 0 aliphatic rings. The molecule has 0 unspecified atom stereocenters. The lowest BCUT2D eigenvalue weighted by Crippen LogP contribution is -2.00. The van der Waals surface area contributed by atoms with Gasteiger partial charge in [0.2, 0.25) is 5.89 Å². The van der Waals surface area contributed by atoms with Gasteiger partial charge in [0.1, 0.15) is 29.6 Å². The van der Waals surface area contributed by atoms with E-state index in [-0.39, 0.29) is 5.82 Å². The number of halogens is 1. The van der Waals surface area contributed by atoms with Crippen LogP contribution in [0.3, 0.4) is 0 Å². The number of oxazole rings is 1. The summed E-state index contributed by atoms with van der Waals surface area (Å²) in [6.07, 6.45) is 10.1. The predicted molar refractivity (Wildman–Crippen MR) is 125 cm³/mol. The van der Waals surface area contributed by atoms with Crippen LogP contribution in [0.1, 0.15) is 46.9 Å². The van der Waals surface area contributed by atoms with Gasteiger partial charge >= 0.3 is 0 Å². The van der Waals surface area contributed by atoms with Crippen LogP contribution in [0.5, 0.6) is 5.75 Å². The summed E-state index contributed by atoms with van der Waals surface area (Å²) in [6, 6.07) is 13.2. The third-order valence-electron chi connectivity index (χ3n) is 5.34. The summed E-state index contributed by atoms with van der Waals surface area (Å²) in [7, 11) is 0. The molecule has 0 aliphatic carbocycles. The molecule has 33 heavy (non-hydrogen) atoms. The molecule has 0 bridgehead atoms. The summed E-state index contributed by atoms with van der Waals surface area (Å²) in [4.78, 5) is 4.46. The Labute approximate surface area is 192 Å². The minimum Gasteiger partial charge on any atom is -0.487 e. The predicted octanol–water partition coefficient (Wildman–Crippen LogP) is 5.79. The van der Waals surface area contributed by atoms with Crippen molar-refractivity contribution in [2.75, 3.05) is 0 Å². The van der Waals surface area contributed by atoms with Crippen LogP contribution < -0.4 is 4.74 Å². The van der Waals surface area contributed by atoms with Gasteiger partial charge in [-0.2, -0.15) is 0 Å². The molecular formula is C26H27FN4O2. The van der Waals surface area contributed by atoms with Gasteiger partial charge < -0.3 is 9.15 Å². The van der Waals surface area contributed by atoms with E-state index in [2.05, 4.69) is 27.4 Å². The molecule has 170 valence electrons. The Kier molecular flexibility index (Phi) is 7.29. The van der Waals surface area contributed by atoms with Crippen LogP contribution in [0.15, 0.2) is 59.3 Å². The molecule has 2 aromatic heterocycles. The number of aromatic nitrogens is 4. The lowest BCUT2D eigenvalue weighted by molar-refractivity contribution is 0.299. The van der Waals surface area contributed by atoms with E-state index in [1.165, 1.54) is 11.6 Å². The van der Waals surface area contributed by atoms with E-state index < -0.39 is 0 Å². The normalized spacial score (nSPS) is 11.4. The Morgan fingerprint density at radius 1 is 1.06 bits per heavy atom. The Hall–Kier alpha value is -3.74. The van der Waals surface area contributed by atoms with Crippen molar-refractivity contribution in [2.24, 2.45) is 0 Å². The largest absolute Gasteiger partial charge is 0.487 e. The molecule has 4 rings (SSSR count). The van der Waals surface area contributed by atoms with E-state index in [1.807, 2.05) is 42.9 Å². The Morgan fingerprint density at radius 3 is 2.67 bits per heavy atom. The molecule has 0 N–H and O–H groups in total. The fourth-order valence-corrected chi connectivity index (χ4v) is 3.44. The van der Waals surface area contributed by atoms with Gasteiger partial charge in [-0.1, -0.05) is 29.5 Å². The number of benzene rings is 2. The minimum atomic E-state index is -0.267. The second kappa shape index (κ2) is 10.7. The van der Waals surface area contributed by atoms with Gasteiger partial charge in [-0.05, 0) is 68.5 Å². The molecule has 0 amide bonds. The molecular weight excluding hydrogens is 419 g/mol. The highest BCUT2D eigenvalue weighted by molar-refractivity contribution is 5.66. The zero-order valence-electron chi connectivity index (χ0n) is 18.9. The first kappa shape index (κ1) is 22.5. The Bertz CT molecular complexity index is 1200. The maximum atomic E-state index is 14.0. The first-order chi connectivity index (χ1) is 16.1. The summed E-state index contributed by atoms with van der Waals surface area (Å²) >= 11 is 0. The van der Waals surface area contributed by atoms with Gasteiger partial charge in [-0.25, -0.2) is 9.37 Å². The minimum absolute atomic E-state index is 0.267. The van der Waals surface area contributed by atoms with Crippen molar-refractivity contribution in [3.05, 3.63) is 94.7 Å². The van der Waals surface area contributed by atoms with E-state index in [4.69, 9.17) is 9.15 Å². The topological polar surface area (TPSA) is 66.0 Å². The van der Waals surface area contributed by atoms with Gasteiger partial charge in [0.05, 0.1) is 6.20 Å². The molecule has 0 saturated carbocycles. The average Bonchev–Trinajstić information content (AvgIpc) is 3.45. The van der Waals surface area contributed by atoms with E-state index in [0.29, 0.717) is 23.8 Å². The second-order valence-electron chi connectivity index (χ2n) is 7.97. The number of nitrogens with zero attached hydrogens (tertiary/aromatic N) is 4. The maximum absolute atomic E-state index is 14.0. The fraction of sp³-hybridized carbons (Fsp3) is 0.269. The Balaban J connectivity index is 1.26. The highest BCUT2D eigenvalue weighted by Gasteiger charge is 2.09. The maximum Gasteiger partial charge on any atom is 0.219 e. The molecule has 0 atom stereocenters. The van der Waals surface area contributed by atoms with Crippen LogP contribution >= 0.6 is 0 Å². The average molecular weight is 447 g/mol. The first-order valence-corrected chi connectivity index (χ1v) is 11.0. The molecule has 6 nitrogen and oxygen atoms in total. The highest BCUT2D eigenvalue weighted by Crippen LogP contribution is 2.19. The van der Waals surface area contributed by atoms with Crippen molar-refractivity contribution < 1.29 is 13.5 Å². The summed E-state index contributed by atoms with van der Waals surface area (Å²) in [6.45, 7) is 4.89. The van der Waals surface area contributed by atoms with Gasteiger partial charge in [0.15, 0.2) is 0 Å². The quantitative estimate of drug-likeness (QED) is 0.288. The molecule has 2 heterocycles. The number of unbranched alkanes of at least 4 members (excludes halogenated alkanes) is 1. The summed E-state index contributed by atoms with van der Waals surface area (Å²) < 4.78 is 27.4. The molecule has 0 spiro atoms. The van der Waals surface area contributed by atoms with Crippen LogP contribution in [0.2, 0.25) is 0 Å². The van der Waals surface area contributed by atoms with Crippen molar-refractivity contribution in [3.8, 4) is 5.75 Å². The van der Waals surface area contributed by atoms with Gasteiger partial charge in [0, 0.05) is 24.4 Å². The lowest BCUT2D eigenvalue weighted by Gasteiger charge is -2.06. The van der Waals surface area contributed by atoms with Crippen molar-refractivity contribution in [1.82, 2.24) is 20.0 Å². The summed E-state index contributed by atoms with van der Waals surface area (Å²) in [5, 5.41) is 7.79. The van der Waals surface area contributed by atoms with Gasteiger partial charge in [0.25, 0.3) is 0 Å². The third-order valence-corrected chi connectivity index (χ3v) is 5.34. The lowest BCUT2D eigenvalue weighted by atomic mass is 10.1. The summed E-state index contributed by atoms with van der Waals surface area (Å²) in [5.74, 6) is 1.62. The SMILES string of the molecule is Cc1ccc(/C=C/c2nc(COc3ccc(CCCCn4ccnn4)cc3)c(C)o2)c(F)c1. The zero-order chi connectivity index (χ0) is 23.0. The van der Waals surface area contributed by atoms with Crippen molar-refractivity contribution >= 4 is 12.2 Å². The molecule has 0 radical (unpaired) electrons. The second-order valence-corrected chi connectivity index (χ2v) is 7.97. The molecule has 0 aliphatic heterocycles. The van der Waals surface area contributed by atoms with Crippen molar-refractivity contribution in [1.29, 1.82) is 0 Å². The zero-order valence-corrected chi connectivity index (χ0v) is 18.9. The number of rotatable bonds is 10. The first-order valence-electron chi connectivity index (χ1n) is 11.0. The Morgan fingerprint density at radius 2 is 1.91 bits per heavy atom. The number of hydrogen-bond donors (Lipinski definition) is 0. The highest BCUT2D eigenvalue weighted by atomic mass is 19.1. The van der Waals surface area contributed by atoms with Crippen LogP contribution in [0, 0.1) is 19.7 Å². The third kappa shape index (κ3) is 6.38. The fourth-order valence-electron chi connectivity index (χ4n) is 3.44. The van der Waals surface area contributed by atoms with E-state index >= 15 is 0 Å². The molecule has 0 saturated heterocycles. The van der Waals surface area contributed by atoms with Crippen LogP contribution in [0.4, 0.5) is 4.39 Å². The van der Waals surface area contributed by atoms with Crippen molar-refractivity contribution in [2.45, 2.75) is 46.3 Å². The van der Waals surface area contributed by atoms with Gasteiger partial charge in [-0.3, -0.25) is 4.68 Å². The van der Waals surface area contributed by atoms with Crippen LogP contribution in [0.25, 0.3) is 12.2 Å². The van der Waals surface area contributed by atoms with Crippen molar-refractivity contribution in [3.63, 3.8) is 0 Å². The smallest absolute Gasteiger partial charge is 0.219 e. The van der Waals surface area contributed by atoms with E-state index in [1.54, 1.807) is 24.4 Å². The molecule has 0 fully saturated rings. The van der Waals surface area contributed by atoms with E-state index in [9.17, 15) is 4.39 Å². The number of hydrogen-bond acceptors (Lipinski definition) is 5. The monoisotopic (exact) mass is 446 g/mol. The number of aryl methyl sites for hydroxylation is 4. The van der Waals surface area contributed by atoms with Crippen LogP contribution in [-0.2, 0) is 19.6 Å². The van der Waals surface area contributed by atoms with E-state index in [0.717, 1.165) is 42.8 Å². The molecule has 2 aromatic carbocycles. The molecule has 4 aromatic rings. The number of ether oxygens (including phenoxy) is 1.